The van der Waals surface area contributed by atoms with Crippen LogP contribution in [-0.2, 0) is 11.2 Å². The first-order valence-corrected chi connectivity index (χ1v) is 4.39. The topological polar surface area (TPSA) is 124 Å². The van der Waals surface area contributed by atoms with Gasteiger partial charge in [-0.15, -0.1) is 0 Å². The van der Waals surface area contributed by atoms with Gasteiger partial charge in [0.2, 0.25) is 0 Å². The molecular formula is C10H15NO5. The highest BCUT2D eigenvalue weighted by atomic mass is 16.5. The number of aromatic hydroxyl groups is 1. The minimum absolute atomic E-state index is 0. The number of hydrogen-bond donors (Lipinski definition) is 3. The minimum Gasteiger partial charge on any atom is -0.504 e. The normalized spacial score (nSPS) is 11.4. The van der Waals surface area contributed by atoms with E-state index in [4.69, 9.17) is 15.6 Å². The average Bonchev–Trinajstić information content (AvgIpc) is 2.20. The SMILES string of the molecule is COc1cc(C[C@H](N)C(=O)O)ccc1O.O. The second-order valence-corrected chi connectivity index (χ2v) is 3.16. The molecule has 1 rings (SSSR count). The minimum atomic E-state index is -1.05. The van der Waals surface area contributed by atoms with E-state index in [1.807, 2.05) is 0 Å². The number of carboxylic acids is 1. The van der Waals surface area contributed by atoms with Crippen LogP contribution in [0.15, 0.2) is 18.2 Å². The molecule has 0 saturated carbocycles. The summed E-state index contributed by atoms with van der Waals surface area (Å²) in [5.74, 6) is -0.725. The number of aliphatic carboxylic acids is 1. The molecule has 1 aromatic rings. The Morgan fingerprint density at radius 2 is 2.19 bits per heavy atom. The standard InChI is InChI=1S/C10H13NO4.H2O/c1-15-9-5-6(2-3-8(9)12)4-7(11)10(13)14;/h2-3,5,7,12H,4,11H2,1H3,(H,13,14);1H2/t7-;/m0./s1. The van der Waals surface area contributed by atoms with Crippen LogP contribution in [0.25, 0.3) is 0 Å². The lowest BCUT2D eigenvalue weighted by molar-refractivity contribution is -0.138. The molecule has 6 heteroatoms. The van der Waals surface area contributed by atoms with Crippen molar-refractivity contribution >= 4 is 5.97 Å². The van der Waals surface area contributed by atoms with E-state index in [2.05, 4.69) is 0 Å². The van der Waals surface area contributed by atoms with E-state index in [9.17, 15) is 9.90 Å². The number of nitrogens with two attached hydrogens (primary N) is 1. The molecule has 1 atom stereocenters. The molecule has 0 unspecified atom stereocenters. The Morgan fingerprint density at radius 1 is 1.56 bits per heavy atom. The van der Waals surface area contributed by atoms with Crippen LogP contribution in [0.5, 0.6) is 11.5 Å². The zero-order valence-electron chi connectivity index (χ0n) is 8.80. The third kappa shape index (κ3) is 3.41. The molecule has 0 aromatic heterocycles. The smallest absolute Gasteiger partial charge is 0.320 e. The molecule has 16 heavy (non-hydrogen) atoms. The Bertz CT molecular complexity index is 366. The molecule has 1 aromatic carbocycles. The van der Waals surface area contributed by atoms with Crippen molar-refractivity contribution < 1.29 is 25.2 Å². The van der Waals surface area contributed by atoms with Crippen molar-refractivity contribution in [2.24, 2.45) is 5.73 Å². The quantitative estimate of drug-likeness (QED) is 0.643. The fourth-order valence-corrected chi connectivity index (χ4v) is 1.19. The van der Waals surface area contributed by atoms with Crippen molar-refractivity contribution in [1.29, 1.82) is 0 Å². The summed E-state index contributed by atoms with van der Waals surface area (Å²) in [6, 6.07) is 3.68. The first-order chi connectivity index (χ1) is 7.04. The molecule has 0 amide bonds. The van der Waals surface area contributed by atoms with Gasteiger partial charge in [-0.3, -0.25) is 4.79 Å². The number of ether oxygens (including phenoxy) is 1. The van der Waals surface area contributed by atoms with Gasteiger partial charge in [0.25, 0.3) is 0 Å². The molecule has 0 heterocycles. The second kappa shape index (κ2) is 5.94. The maximum atomic E-state index is 10.5. The highest BCUT2D eigenvalue weighted by Crippen LogP contribution is 2.26. The van der Waals surface area contributed by atoms with Gasteiger partial charge in [-0.25, -0.2) is 0 Å². The number of benzene rings is 1. The Hall–Kier alpha value is -1.79. The van der Waals surface area contributed by atoms with E-state index in [0.29, 0.717) is 11.3 Å². The molecule has 0 aliphatic heterocycles. The van der Waals surface area contributed by atoms with Crippen LogP contribution in [0.2, 0.25) is 0 Å². The van der Waals surface area contributed by atoms with Crippen LogP contribution >= 0.6 is 0 Å². The number of phenols is 1. The lowest BCUT2D eigenvalue weighted by Gasteiger charge is -2.08. The summed E-state index contributed by atoms with van der Waals surface area (Å²) in [5, 5.41) is 17.9. The fourth-order valence-electron chi connectivity index (χ4n) is 1.19. The molecular weight excluding hydrogens is 214 g/mol. The van der Waals surface area contributed by atoms with E-state index in [1.165, 1.54) is 13.2 Å². The van der Waals surface area contributed by atoms with Gasteiger partial charge in [-0.1, -0.05) is 6.07 Å². The van der Waals surface area contributed by atoms with E-state index >= 15 is 0 Å². The fraction of sp³-hybridized carbons (Fsp3) is 0.300. The predicted octanol–water partition coefficient (Wildman–Crippen LogP) is -0.470. The monoisotopic (exact) mass is 229 g/mol. The average molecular weight is 229 g/mol. The summed E-state index contributed by atoms with van der Waals surface area (Å²) in [6.45, 7) is 0. The number of methoxy groups -OCH3 is 1. The van der Waals surface area contributed by atoms with Crippen molar-refractivity contribution in [3.63, 3.8) is 0 Å². The van der Waals surface area contributed by atoms with E-state index in [-0.39, 0.29) is 17.6 Å². The van der Waals surface area contributed by atoms with Crippen LogP contribution < -0.4 is 10.5 Å². The van der Waals surface area contributed by atoms with Gasteiger partial charge in [0.05, 0.1) is 7.11 Å². The van der Waals surface area contributed by atoms with Crippen LogP contribution in [0.3, 0.4) is 0 Å². The first kappa shape index (κ1) is 14.2. The largest absolute Gasteiger partial charge is 0.504 e. The molecule has 6 nitrogen and oxygen atoms in total. The summed E-state index contributed by atoms with van der Waals surface area (Å²) in [7, 11) is 1.43. The highest BCUT2D eigenvalue weighted by molar-refractivity contribution is 5.73. The van der Waals surface area contributed by atoms with E-state index in [0.717, 1.165) is 0 Å². The molecule has 0 saturated heterocycles. The summed E-state index contributed by atoms with van der Waals surface area (Å²) in [4.78, 5) is 10.5. The Morgan fingerprint density at radius 3 is 2.69 bits per heavy atom. The predicted molar refractivity (Wildman–Crippen MR) is 57.6 cm³/mol. The summed E-state index contributed by atoms with van der Waals surface area (Å²) in [6.07, 6.45) is 0.200. The maximum absolute atomic E-state index is 10.5. The lowest BCUT2D eigenvalue weighted by atomic mass is 10.1. The van der Waals surface area contributed by atoms with Gasteiger partial charge in [0.15, 0.2) is 11.5 Å². The molecule has 6 N–H and O–H groups in total. The van der Waals surface area contributed by atoms with Crippen LogP contribution in [0.1, 0.15) is 5.56 Å². The molecule has 0 aliphatic carbocycles. The summed E-state index contributed by atoms with van der Waals surface area (Å²) < 4.78 is 4.89. The maximum Gasteiger partial charge on any atom is 0.320 e. The van der Waals surface area contributed by atoms with Crippen molar-refractivity contribution in [2.45, 2.75) is 12.5 Å². The number of phenolic OH excluding ortho intramolecular Hbond substituents is 1. The lowest BCUT2D eigenvalue weighted by Crippen LogP contribution is -2.32. The van der Waals surface area contributed by atoms with Crippen molar-refractivity contribution in [2.75, 3.05) is 7.11 Å². The molecule has 90 valence electrons. The number of carboxylic acid groups (broad SMARTS) is 1. The van der Waals surface area contributed by atoms with Crippen molar-refractivity contribution in [1.82, 2.24) is 0 Å². The van der Waals surface area contributed by atoms with Gasteiger partial charge in [-0.05, 0) is 24.1 Å². The number of hydrogen-bond acceptors (Lipinski definition) is 4. The van der Waals surface area contributed by atoms with Gasteiger partial charge >= 0.3 is 5.97 Å². The first-order valence-electron chi connectivity index (χ1n) is 4.39. The van der Waals surface area contributed by atoms with Crippen LogP contribution in [0, 0.1) is 0 Å². The van der Waals surface area contributed by atoms with Crippen molar-refractivity contribution in [3.05, 3.63) is 23.8 Å². The molecule has 0 aliphatic rings. The molecule has 0 fully saturated rings. The Labute approximate surface area is 92.6 Å². The summed E-state index contributed by atoms with van der Waals surface area (Å²) in [5.41, 5.74) is 6.08. The Kier molecular flexibility index (Phi) is 5.27. The zero-order valence-corrected chi connectivity index (χ0v) is 8.80. The highest BCUT2D eigenvalue weighted by Gasteiger charge is 2.13. The molecule has 0 spiro atoms. The molecule has 0 radical (unpaired) electrons. The molecule has 0 bridgehead atoms. The van der Waals surface area contributed by atoms with Gasteiger partial charge in [0.1, 0.15) is 6.04 Å². The summed E-state index contributed by atoms with van der Waals surface area (Å²) >= 11 is 0. The van der Waals surface area contributed by atoms with Crippen LogP contribution in [0.4, 0.5) is 0 Å². The third-order valence-corrected chi connectivity index (χ3v) is 2.02. The zero-order chi connectivity index (χ0) is 11.4. The number of rotatable bonds is 4. The third-order valence-electron chi connectivity index (χ3n) is 2.02. The van der Waals surface area contributed by atoms with Crippen LogP contribution in [-0.4, -0.2) is 34.8 Å². The van der Waals surface area contributed by atoms with E-state index in [1.54, 1.807) is 12.1 Å². The number of carbonyl (C=O) groups is 1. The second-order valence-electron chi connectivity index (χ2n) is 3.16. The van der Waals surface area contributed by atoms with Gasteiger partial charge in [0, 0.05) is 0 Å². The Balaban J connectivity index is 0.00000225. The van der Waals surface area contributed by atoms with Crippen molar-refractivity contribution in [3.8, 4) is 11.5 Å². The van der Waals surface area contributed by atoms with Gasteiger partial charge in [-0.2, -0.15) is 0 Å². The van der Waals surface area contributed by atoms with E-state index < -0.39 is 12.0 Å². The van der Waals surface area contributed by atoms with Gasteiger partial charge < -0.3 is 26.2 Å².